The van der Waals surface area contributed by atoms with E-state index in [1.54, 1.807) is 0 Å². The molecule has 94 valence electrons. The Balaban J connectivity index is 2.70. The van der Waals surface area contributed by atoms with Gasteiger partial charge in [-0.2, -0.15) is 0 Å². The summed E-state index contributed by atoms with van der Waals surface area (Å²) >= 11 is 0. The minimum atomic E-state index is -1.34. The summed E-state index contributed by atoms with van der Waals surface area (Å²) in [5, 5.41) is 21.5. The summed E-state index contributed by atoms with van der Waals surface area (Å²) < 4.78 is 13.1. The van der Waals surface area contributed by atoms with Gasteiger partial charge in [-0.3, -0.25) is 4.79 Å². The lowest BCUT2D eigenvalue weighted by atomic mass is 10.1. The lowest BCUT2D eigenvalue weighted by Crippen LogP contribution is -2.34. The molecule has 1 rings (SSSR count). The van der Waals surface area contributed by atoms with Gasteiger partial charge in [0, 0.05) is 25.2 Å². The van der Waals surface area contributed by atoms with E-state index in [-0.39, 0.29) is 23.8 Å². The first-order valence-corrected chi connectivity index (χ1v) is 4.93. The zero-order chi connectivity index (χ0) is 13.0. The molecule has 1 amide bonds. The van der Waals surface area contributed by atoms with Gasteiger partial charge >= 0.3 is 0 Å². The molecule has 1 aromatic heterocycles. The number of nitrogens with zero attached hydrogens (tertiary/aromatic N) is 1. The number of hydrogen-bond acceptors (Lipinski definition) is 5. The maximum atomic E-state index is 13.1. The third-order valence-electron chi connectivity index (χ3n) is 2.16. The first-order valence-electron chi connectivity index (χ1n) is 4.93. The van der Waals surface area contributed by atoms with Crippen molar-refractivity contribution in [3.05, 3.63) is 23.6 Å². The molecule has 0 aliphatic carbocycles. The van der Waals surface area contributed by atoms with Crippen molar-refractivity contribution in [2.45, 2.75) is 19.1 Å². The number of aliphatic hydroxyl groups is 2. The third-order valence-corrected chi connectivity index (χ3v) is 2.16. The van der Waals surface area contributed by atoms with Crippen LogP contribution in [-0.4, -0.2) is 33.8 Å². The topological polar surface area (TPSA) is 108 Å². The number of aromatic nitrogens is 1. The molecule has 17 heavy (non-hydrogen) atoms. The maximum absolute atomic E-state index is 13.1. The second-order valence-corrected chi connectivity index (χ2v) is 3.58. The number of rotatable bonds is 4. The largest absolute Gasteiger partial charge is 0.388 e. The molecule has 0 radical (unpaired) electrons. The number of nitrogen functional groups attached to an aromatic ring is 1. The molecule has 1 aromatic rings. The zero-order valence-corrected chi connectivity index (χ0v) is 9.22. The van der Waals surface area contributed by atoms with Gasteiger partial charge in [0.2, 0.25) is 5.91 Å². The van der Waals surface area contributed by atoms with Gasteiger partial charge in [-0.05, 0) is 6.07 Å². The van der Waals surface area contributed by atoms with E-state index in [1.807, 2.05) is 0 Å². The first-order chi connectivity index (χ1) is 7.91. The molecule has 0 aromatic carbocycles. The van der Waals surface area contributed by atoms with Gasteiger partial charge in [-0.25, -0.2) is 9.37 Å². The second kappa shape index (κ2) is 5.55. The van der Waals surface area contributed by atoms with Gasteiger partial charge in [-0.1, -0.05) is 0 Å². The van der Waals surface area contributed by atoms with Gasteiger partial charge in [0.1, 0.15) is 12.2 Å². The van der Waals surface area contributed by atoms with E-state index in [4.69, 9.17) is 5.73 Å². The molecule has 0 aliphatic rings. The fraction of sp³-hybridized carbons (Fsp3) is 0.400. The van der Waals surface area contributed by atoms with Crippen LogP contribution in [0.2, 0.25) is 0 Å². The van der Waals surface area contributed by atoms with Crippen LogP contribution >= 0.6 is 0 Å². The Hall–Kier alpha value is -1.73. The summed E-state index contributed by atoms with van der Waals surface area (Å²) in [5.74, 6) is -1.39. The molecule has 0 bridgehead atoms. The van der Waals surface area contributed by atoms with Crippen molar-refractivity contribution in [1.29, 1.82) is 0 Å². The predicted octanol–water partition coefficient (Wildman–Crippen LogP) is -0.667. The molecule has 5 N–H and O–H groups in total. The molecule has 2 atom stereocenters. The van der Waals surface area contributed by atoms with E-state index in [2.05, 4.69) is 10.3 Å². The molecule has 6 nitrogen and oxygen atoms in total. The van der Waals surface area contributed by atoms with Crippen molar-refractivity contribution in [3.63, 3.8) is 0 Å². The third kappa shape index (κ3) is 3.65. The van der Waals surface area contributed by atoms with Crippen LogP contribution in [-0.2, 0) is 4.79 Å². The first kappa shape index (κ1) is 13.3. The van der Waals surface area contributed by atoms with Gasteiger partial charge < -0.3 is 21.3 Å². The lowest BCUT2D eigenvalue weighted by molar-refractivity contribution is -0.119. The van der Waals surface area contributed by atoms with Crippen LogP contribution in [0.4, 0.5) is 10.2 Å². The van der Waals surface area contributed by atoms with Crippen LogP contribution in [0.5, 0.6) is 0 Å². The summed E-state index contributed by atoms with van der Waals surface area (Å²) in [4.78, 5) is 14.1. The fourth-order valence-electron chi connectivity index (χ4n) is 1.21. The Morgan fingerprint density at radius 3 is 2.82 bits per heavy atom. The fourth-order valence-corrected chi connectivity index (χ4v) is 1.21. The smallest absolute Gasteiger partial charge is 0.216 e. The van der Waals surface area contributed by atoms with Crippen LogP contribution in [0.3, 0.4) is 0 Å². The highest BCUT2D eigenvalue weighted by Crippen LogP contribution is 2.18. The number of anilines is 1. The molecule has 1 heterocycles. The Kier molecular flexibility index (Phi) is 4.36. The van der Waals surface area contributed by atoms with E-state index in [9.17, 15) is 19.4 Å². The Labute approximate surface area is 97.3 Å². The summed E-state index contributed by atoms with van der Waals surface area (Å²) in [7, 11) is 0. The van der Waals surface area contributed by atoms with E-state index in [1.165, 1.54) is 13.1 Å². The van der Waals surface area contributed by atoms with Crippen molar-refractivity contribution in [1.82, 2.24) is 10.3 Å². The monoisotopic (exact) mass is 243 g/mol. The van der Waals surface area contributed by atoms with Crippen molar-refractivity contribution in [2.75, 3.05) is 12.3 Å². The molecular weight excluding hydrogens is 229 g/mol. The van der Waals surface area contributed by atoms with E-state index in [0.29, 0.717) is 0 Å². The van der Waals surface area contributed by atoms with Crippen LogP contribution in [0.25, 0.3) is 0 Å². The van der Waals surface area contributed by atoms with Gasteiger partial charge in [0.15, 0.2) is 11.6 Å². The van der Waals surface area contributed by atoms with Crippen molar-refractivity contribution in [3.8, 4) is 0 Å². The summed E-state index contributed by atoms with van der Waals surface area (Å²) in [6.45, 7) is 1.14. The maximum Gasteiger partial charge on any atom is 0.216 e. The van der Waals surface area contributed by atoms with Crippen molar-refractivity contribution < 1.29 is 19.4 Å². The zero-order valence-electron chi connectivity index (χ0n) is 9.22. The quantitative estimate of drug-likeness (QED) is 0.561. The minimum Gasteiger partial charge on any atom is -0.388 e. The molecule has 0 spiro atoms. The summed E-state index contributed by atoms with van der Waals surface area (Å²) in [6.07, 6.45) is -1.42. The number of halogens is 1. The number of pyridine rings is 1. The van der Waals surface area contributed by atoms with Crippen molar-refractivity contribution >= 4 is 11.7 Å². The molecule has 0 fully saturated rings. The molecule has 2 unspecified atom stereocenters. The molecule has 7 heteroatoms. The van der Waals surface area contributed by atoms with E-state index < -0.39 is 18.0 Å². The van der Waals surface area contributed by atoms with Crippen LogP contribution in [0, 0.1) is 5.82 Å². The number of hydrogen-bond donors (Lipinski definition) is 4. The van der Waals surface area contributed by atoms with Crippen LogP contribution in [0.1, 0.15) is 18.6 Å². The Morgan fingerprint density at radius 1 is 1.65 bits per heavy atom. The molecular formula is C10H14FN3O3. The highest BCUT2D eigenvalue weighted by Gasteiger charge is 2.20. The highest BCUT2D eigenvalue weighted by atomic mass is 19.1. The number of aliphatic hydroxyl groups excluding tert-OH is 2. The summed E-state index contributed by atoms with van der Waals surface area (Å²) in [5.41, 5.74) is 5.27. The Morgan fingerprint density at radius 2 is 2.29 bits per heavy atom. The standard InChI is InChI=1S/C10H14FN3O3/c1-5(15)13-4-8(16)9(17)6-2-7(11)10(12)14-3-6/h2-3,8-9,16-17H,4H2,1H3,(H2,12,14)(H,13,15). The SMILES string of the molecule is CC(=O)NCC(O)C(O)c1cnc(N)c(F)c1. The average molecular weight is 243 g/mol. The van der Waals surface area contributed by atoms with Gasteiger partial charge in [0.05, 0.1) is 0 Å². The normalized spacial score (nSPS) is 14.1. The lowest BCUT2D eigenvalue weighted by Gasteiger charge is -2.18. The molecule has 0 saturated heterocycles. The minimum absolute atomic E-state index is 0.0922. The number of amides is 1. The predicted molar refractivity (Wildman–Crippen MR) is 58.3 cm³/mol. The number of carbonyl (C=O) groups is 1. The highest BCUT2D eigenvalue weighted by molar-refractivity contribution is 5.72. The Bertz CT molecular complexity index is 414. The molecule has 0 saturated carbocycles. The number of nitrogens with two attached hydrogens (primary N) is 1. The summed E-state index contributed by atoms with van der Waals surface area (Å²) in [6, 6.07) is 0.990. The van der Waals surface area contributed by atoms with E-state index in [0.717, 1.165) is 6.07 Å². The second-order valence-electron chi connectivity index (χ2n) is 3.58. The van der Waals surface area contributed by atoms with Crippen molar-refractivity contribution in [2.24, 2.45) is 0 Å². The molecule has 0 aliphatic heterocycles. The van der Waals surface area contributed by atoms with Crippen LogP contribution in [0.15, 0.2) is 12.3 Å². The van der Waals surface area contributed by atoms with E-state index >= 15 is 0 Å². The van der Waals surface area contributed by atoms with Crippen LogP contribution < -0.4 is 11.1 Å². The number of nitrogens with one attached hydrogen (secondary N) is 1. The average Bonchev–Trinajstić information content (AvgIpc) is 2.28. The van der Waals surface area contributed by atoms with Gasteiger partial charge in [0.25, 0.3) is 0 Å². The number of carbonyl (C=O) groups excluding carboxylic acids is 1. The van der Waals surface area contributed by atoms with Gasteiger partial charge in [-0.15, -0.1) is 0 Å².